The SMILES string of the molecule is C[C@@H]1CCCNC1CNc1nc2cc(Cl)ccc2o1. The number of oxazole rings is 1. The average Bonchev–Trinajstić information content (AvgIpc) is 2.79. The molecule has 5 heteroatoms. The molecule has 1 aliphatic rings. The summed E-state index contributed by atoms with van der Waals surface area (Å²) in [7, 11) is 0. The molecule has 0 aliphatic carbocycles. The van der Waals surface area contributed by atoms with Crippen LogP contribution in [0.25, 0.3) is 11.1 Å². The zero-order valence-corrected chi connectivity index (χ0v) is 11.7. The molecule has 0 saturated carbocycles. The molecule has 2 heterocycles. The Morgan fingerprint density at radius 1 is 1.53 bits per heavy atom. The van der Waals surface area contributed by atoms with E-state index in [2.05, 4.69) is 22.5 Å². The van der Waals surface area contributed by atoms with E-state index < -0.39 is 0 Å². The van der Waals surface area contributed by atoms with Gasteiger partial charge in [0, 0.05) is 17.6 Å². The lowest BCUT2D eigenvalue weighted by Gasteiger charge is -2.29. The maximum Gasteiger partial charge on any atom is 0.295 e. The van der Waals surface area contributed by atoms with Crippen LogP contribution in [0.4, 0.5) is 6.01 Å². The molecule has 19 heavy (non-hydrogen) atoms. The van der Waals surface area contributed by atoms with E-state index in [0.29, 0.717) is 23.0 Å². The molecule has 1 fully saturated rings. The lowest BCUT2D eigenvalue weighted by Crippen LogP contribution is -2.44. The Morgan fingerprint density at radius 3 is 3.26 bits per heavy atom. The number of benzene rings is 1. The number of piperidine rings is 1. The Bertz CT molecular complexity index is 569. The highest BCUT2D eigenvalue weighted by Gasteiger charge is 2.20. The van der Waals surface area contributed by atoms with Crippen molar-refractivity contribution < 1.29 is 4.42 Å². The Labute approximate surface area is 117 Å². The quantitative estimate of drug-likeness (QED) is 0.905. The predicted molar refractivity (Wildman–Crippen MR) is 77.7 cm³/mol. The van der Waals surface area contributed by atoms with Crippen LogP contribution in [-0.2, 0) is 0 Å². The molecule has 1 aromatic carbocycles. The van der Waals surface area contributed by atoms with Gasteiger partial charge in [0.15, 0.2) is 5.58 Å². The Morgan fingerprint density at radius 2 is 2.42 bits per heavy atom. The van der Waals surface area contributed by atoms with Crippen LogP contribution < -0.4 is 10.6 Å². The Kier molecular flexibility index (Phi) is 3.62. The number of aromatic nitrogens is 1. The van der Waals surface area contributed by atoms with E-state index >= 15 is 0 Å². The molecule has 2 N–H and O–H groups in total. The van der Waals surface area contributed by atoms with E-state index in [-0.39, 0.29) is 0 Å². The molecule has 4 nitrogen and oxygen atoms in total. The van der Waals surface area contributed by atoms with E-state index in [1.807, 2.05) is 18.2 Å². The first-order valence-electron chi connectivity index (χ1n) is 6.76. The minimum Gasteiger partial charge on any atom is -0.424 e. The Hall–Kier alpha value is -1.26. The molecule has 1 saturated heterocycles. The van der Waals surface area contributed by atoms with Gasteiger partial charge in [0.05, 0.1) is 0 Å². The smallest absolute Gasteiger partial charge is 0.295 e. The molecule has 3 rings (SSSR count). The molecule has 0 radical (unpaired) electrons. The van der Waals surface area contributed by atoms with Crippen molar-refractivity contribution in [3.8, 4) is 0 Å². The van der Waals surface area contributed by atoms with E-state index in [0.717, 1.165) is 24.2 Å². The molecule has 1 aromatic heterocycles. The van der Waals surface area contributed by atoms with E-state index in [1.165, 1.54) is 12.8 Å². The summed E-state index contributed by atoms with van der Waals surface area (Å²) in [6.07, 6.45) is 2.54. The summed E-state index contributed by atoms with van der Waals surface area (Å²) >= 11 is 5.93. The maximum atomic E-state index is 5.93. The van der Waals surface area contributed by atoms with Crippen LogP contribution in [0, 0.1) is 5.92 Å². The van der Waals surface area contributed by atoms with Gasteiger partial charge in [-0.15, -0.1) is 0 Å². The maximum absolute atomic E-state index is 5.93. The highest BCUT2D eigenvalue weighted by atomic mass is 35.5. The fourth-order valence-electron chi connectivity index (χ4n) is 2.56. The van der Waals surface area contributed by atoms with Crippen molar-refractivity contribution in [2.24, 2.45) is 5.92 Å². The minimum atomic E-state index is 0.479. The Balaban J connectivity index is 1.68. The van der Waals surface area contributed by atoms with Gasteiger partial charge < -0.3 is 15.1 Å². The van der Waals surface area contributed by atoms with Crippen LogP contribution in [0.3, 0.4) is 0 Å². The van der Waals surface area contributed by atoms with E-state index in [9.17, 15) is 0 Å². The highest BCUT2D eigenvalue weighted by Crippen LogP contribution is 2.23. The van der Waals surface area contributed by atoms with Gasteiger partial charge in [-0.05, 0) is 43.5 Å². The topological polar surface area (TPSA) is 50.1 Å². The van der Waals surface area contributed by atoms with Gasteiger partial charge in [-0.3, -0.25) is 0 Å². The zero-order valence-electron chi connectivity index (χ0n) is 10.9. The van der Waals surface area contributed by atoms with Crippen LogP contribution in [0.2, 0.25) is 5.02 Å². The van der Waals surface area contributed by atoms with Crippen LogP contribution in [0.5, 0.6) is 0 Å². The minimum absolute atomic E-state index is 0.479. The van der Waals surface area contributed by atoms with Crippen LogP contribution in [0.1, 0.15) is 19.8 Å². The van der Waals surface area contributed by atoms with Gasteiger partial charge in [-0.25, -0.2) is 0 Å². The number of halogens is 1. The van der Waals surface area contributed by atoms with Crippen molar-refractivity contribution in [2.45, 2.75) is 25.8 Å². The molecule has 2 atom stereocenters. The summed E-state index contributed by atoms with van der Waals surface area (Å²) in [5, 5.41) is 7.48. The lowest BCUT2D eigenvalue weighted by atomic mass is 9.93. The van der Waals surface area contributed by atoms with Gasteiger partial charge in [0.1, 0.15) is 5.52 Å². The van der Waals surface area contributed by atoms with Gasteiger partial charge in [-0.2, -0.15) is 4.98 Å². The normalized spacial score (nSPS) is 23.7. The molecule has 0 spiro atoms. The van der Waals surface area contributed by atoms with Crippen molar-refractivity contribution in [1.29, 1.82) is 0 Å². The van der Waals surface area contributed by atoms with E-state index in [1.54, 1.807) is 0 Å². The van der Waals surface area contributed by atoms with Crippen molar-refractivity contribution in [3.05, 3.63) is 23.2 Å². The third-order valence-electron chi connectivity index (χ3n) is 3.75. The van der Waals surface area contributed by atoms with Crippen molar-refractivity contribution in [2.75, 3.05) is 18.4 Å². The standard InChI is InChI=1S/C14H18ClN3O/c1-9-3-2-6-16-12(9)8-17-14-18-11-7-10(15)4-5-13(11)19-14/h4-5,7,9,12,16H,2-3,6,8H2,1H3,(H,17,18)/t9-,12?/m1/s1. The number of nitrogens with one attached hydrogen (secondary N) is 2. The van der Waals surface area contributed by atoms with Gasteiger partial charge >= 0.3 is 0 Å². The van der Waals surface area contributed by atoms with Crippen LogP contribution in [0.15, 0.2) is 22.6 Å². The number of rotatable bonds is 3. The predicted octanol–water partition coefficient (Wildman–Crippen LogP) is 3.28. The van der Waals surface area contributed by atoms with Crippen LogP contribution in [-0.4, -0.2) is 24.1 Å². The molecule has 0 amide bonds. The summed E-state index contributed by atoms with van der Waals surface area (Å²) in [5.41, 5.74) is 1.55. The second-order valence-electron chi connectivity index (χ2n) is 5.19. The number of anilines is 1. The van der Waals surface area contributed by atoms with Crippen molar-refractivity contribution in [3.63, 3.8) is 0 Å². The van der Waals surface area contributed by atoms with Gasteiger partial charge in [-0.1, -0.05) is 18.5 Å². The second kappa shape index (κ2) is 5.39. The summed E-state index contributed by atoms with van der Waals surface area (Å²) < 4.78 is 5.64. The first-order chi connectivity index (χ1) is 9.22. The molecule has 1 unspecified atom stereocenters. The largest absolute Gasteiger partial charge is 0.424 e. The second-order valence-corrected chi connectivity index (χ2v) is 5.63. The monoisotopic (exact) mass is 279 g/mol. The van der Waals surface area contributed by atoms with Crippen molar-refractivity contribution in [1.82, 2.24) is 10.3 Å². The average molecular weight is 280 g/mol. The summed E-state index contributed by atoms with van der Waals surface area (Å²) in [6.45, 7) is 4.21. The third kappa shape index (κ3) is 2.85. The van der Waals surface area contributed by atoms with Gasteiger partial charge in [0.25, 0.3) is 6.01 Å². The lowest BCUT2D eigenvalue weighted by molar-refractivity contribution is 0.309. The van der Waals surface area contributed by atoms with Crippen LogP contribution >= 0.6 is 11.6 Å². The van der Waals surface area contributed by atoms with E-state index in [4.69, 9.17) is 16.0 Å². The fraction of sp³-hybridized carbons (Fsp3) is 0.500. The number of hydrogen-bond acceptors (Lipinski definition) is 4. The zero-order chi connectivity index (χ0) is 13.2. The molecule has 1 aliphatic heterocycles. The molecule has 102 valence electrons. The number of fused-ring (bicyclic) bond motifs is 1. The first kappa shape index (κ1) is 12.8. The fourth-order valence-corrected chi connectivity index (χ4v) is 2.73. The highest BCUT2D eigenvalue weighted by molar-refractivity contribution is 6.31. The van der Waals surface area contributed by atoms with Gasteiger partial charge in [0.2, 0.25) is 0 Å². The molecule has 2 aromatic rings. The molecular formula is C14H18ClN3O. The third-order valence-corrected chi connectivity index (χ3v) is 3.99. The summed E-state index contributed by atoms with van der Waals surface area (Å²) in [5.74, 6) is 0.681. The molecule has 0 bridgehead atoms. The number of nitrogens with zero attached hydrogens (tertiary/aromatic N) is 1. The molecular weight excluding hydrogens is 262 g/mol. The number of hydrogen-bond donors (Lipinski definition) is 2. The summed E-state index contributed by atoms with van der Waals surface area (Å²) in [4.78, 5) is 4.39. The van der Waals surface area contributed by atoms with Crippen molar-refractivity contribution >= 4 is 28.7 Å². The summed E-state index contributed by atoms with van der Waals surface area (Å²) in [6, 6.07) is 6.51. The first-order valence-corrected chi connectivity index (χ1v) is 7.13.